The van der Waals surface area contributed by atoms with E-state index < -0.39 is 12.1 Å². The first-order chi connectivity index (χ1) is 13.0. The van der Waals surface area contributed by atoms with E-state index >= 15 is 0 Å². The summed E-state index contributed by atoms with van der Waals surface area (Å²) in [5.41, 5.74) is 0.965. The predicted octanol–water partition coefficient (Wildman–Crippen LogP) is 1.33. The quantitative estimate of drug-likeness (QED) is 0.784. The Kier molecular flexibility index (Phi) is 5.89. The highest BCUT2D eigenvalue weighted by atomic mass is 32.2. The zero-order valence-corrected chi connectivity index (χ0v) is 16.3. The molecule has 2 saturated heterocycles. The first-order valence-corrected chi connectivity index (χ1v) is 9.80. The maximum absolute atomic E-state index is 12.7. The third kappa shape index (κ3) is 3.74. The highest BCUT2D eigenvalue weighted by Gasteiger charge is 2.50. The Hall–Kier alpha value is -2.28. The topological polar surface area (TPSA) is 97.7 Å². The summed E-state index contributed by atoms with van der Waals surface area (Å²) in [5, 5.41) is 15.5. The average molecular weight is 389 g/mol. The number of thioether (sulfide) groups is 1. The van der Waals surface area contributed by atoms with Crippen LogP contribution in [0.1, 0.15) is 18.7 Å². The van der Waals surface area contributed by atoms with Crippen LogP contribution in [0.4, 0.5) is 4.79 Å². The zero-order valence-electron chi connectivity index (χ0n) is 15.5. The number of amides is 3. The van der Waals surface area contributed by atoms with Gasteiger partial charge in [-0.05, 0) is 24.6 Å². The number of benzene rings is 1. The van der Waals surface area contributed by atoms with Gasteiger partial charge in [0.15, 0.2) is 0 Å². The van der Waals surface area contributed by atoms with Gasteiger partial charge >= 0.3 is 6.03 Å². The fraction of sp³-hybridized carbons (Fsp3) is 0.500. The lowest BCUT2D eigenvalue weighted by atomic mass is 9.96. The molecule has 1 aromatic rings. The molecule has 4 atom stereocenters. The van der Waals surface area contributed by atoms with Crippen molar-refractivity contribution in [3.8, 4) is 11.8 Å². The number of nitriles is 1. The Balaban J connectivity index is 1.87. The molecule has 0 spiro atoms. The third-order valence-corrected chi connectivity index (χ3v) is 5.89. The van der Waals surface area contributed by atoms with Crippen molar-refractivity contribution in [2.75, 3.05) is 26.5 Å². The Bertz CT molecular complexity index is 750. The molecule has 1 aromatic carbocycles. The fourth-order valence-electron chi connectivity index (χ4n) is 3.44. The van der Waals surface area contributed by atoms with Crippen LogP contribution in [0.2, 0.25) is 0 Å². The summed E-state index contributed by atoms with van der Waals surface area (Å²) in [6, 6.07) is 9.44. The van der Waals surface area contributed by atoms with Crippen molar-refractivity contribution in [1.82, 2.24) is 20.4 Å². The van der Waals surface area contributed by atoms with Crippen molar-refractivity contribution in [2.45, 2.75) is 24.6 Å². The Morgan fingerprint density at radius 2 is 1.93 bits per heavy atom. The van der Waals surface area contributed by atoms with Gasteiger partial charge in [0.05, 0.1) is 42.1 Å². The lowest BCUT2D eigenvalue weighted by Gasteiger charge is -2.50. The van der Waals surface area contributed by atoms with Gasteiger partial charge in [-0.2, -0.15) is 5.26 Å². The van der Waals surface area contributed by atoms with Crippen molar-refractivity contribution >= 4 is 23.7 Å². The van der Waals surface area contributed by atoms with Gasteiger partial charge in [-0.1, -0.05) is 12.1 Å². The van der Waals surface area contributed by atoms with Crippen LogP contribution in [0, 0.1) is 17.2 Å². The molecule has 0 saturated carbocycles. The van der Waals surface area contributed by atoms with Crippen molar-refractivity contribution in [2.24, 2.45) is 5.92 Å². The summed E-state index contributed by atoms with van der Waals surface area (Å²) in [5.74, 6) is 0.316. The maximum Gasteiger partial charge on any atom is 0.327 e. The van der Waals surface area contributed by atoms with Crippen molar-refractivity contribution < 1.29 is 14.3 Å². The average Bonchev–Trinajstić information content (AvgIpc) is 2.69. The van der Waals surface area contributed by atoms with Gasteiger partial charge in [0.1, 0.15) is 5.75 Å². The number of hydrogen-bond donors (Lipinski definition) is 2. The van der Waals surface area contributed by atoms with E-state index in [9.17, 15) is 9.59 Å². The molecule has 8 nitrogen and oxygen atoms in total. The van der Waals surface area contributed by atoms with E-state index in [1.807, 2.05) is 31.2 Å². The molecule has 3 rings (SSSR count). The minimum Gasteiger partial charge on any atom is -0.494 e. The standard InChI is InChI=1S/C18H23N5O3S/c1-4-26-12-7-5-11(6-8-12)14-20-15-13(16(21-14)27-10-9-19)17(24)23(3)18(25)22(15)2/h5-8,13-16,20-21H,4,10H2,1-3H3. The number of nitrogens with one attached hydrogen (secondary N) is 2. The second-order valence-corrected chi connectivity index (χ2v) is 7.55. The van der Waals surface area contributed by atoms with Crippen LogP contribution in [0.15, 0.2) is 24.3 Å². The second-order valence-electron chi connectivity index (χ2n) is 6.42. The summed E-state index contributed by atoms with van der Waals surface area (Å²) < 4.78 is 5.48. The van der Waals surface area contributed by atoms with Gasteiger partial charge in [0.25, 0.3) is 0 Å². The predicted molar refractivity (Wildman–Crippen MR) is 102 cm³/mol. The summed E-state index contributed by atoms with van der Waals surface area (Å²) in [6.45, 7) is 2.53. The highest BCUT2D eigenvalue weighted by molar-refractivity contribution is 8.00. The molecule has 0 radical (unpaired) electrons. The molecule has 27 heavy (non-hydrogen) atoms. The third-order valence-electron chi connectivity index (χ3n) is 4.81. The Morgan fingerprint density at radius 3 is 2.56 bits per heavy atom. The van der Waals surface area contributed by atoms with E-state index in [1.165, 1.54) is 18.8 Å². The number of urea groups is 1. The van der Waals surface area contributed by atoms with Crippen LogP contribution in [0.25, 0.3) is 0 Å². The minimum atomic E-state index is -0.477. The number of rotatable bonds is 5. The molecule has 4 unspecified atom stereocenters. The van der Waals surface area contributed by atoms with Crippen LogP contribution >= 0.6 is 11.8 Å². The molecule has 0 bridgehead atoms. The Morgan fingerprint density at radius 1 is 1.22 bits per heavy atom. The molecule has 144 valence electrons. The molecule has 2 fully saturated rings. The second kappa shape index (κ2) is 8.17. The van der Waals surface area contributed by atoms with E-state index in [0.717, 1.165) is 16.2 Å². The number of ether oxygens (including phenoxy) is 1. The lowest BCUT2D eigenvalue weighted by Crippen LogP contribution is -2.72. The van der Waals surface area contributed by atoms with Crippen LogP contribution in [-0.4, -0.2) is 59.7 Å². The van der Waals surface area contributed by atoms with Gasteiger partial charge in [-0.25, -0.2) is 4.79 Å². The van der Waals surface area contributed by atoms with Crippen molar-refractivity contribution in [1.29, 1.82) is 5.26 Å². The highest BCUT2D eigenvalue weighted by Crippen LogP contribution is 2.34. The lowest BCUT2D eigenvalue weighted by molar-refractivity contribution is -0.140. The number of nitrogens with zero attached hydrogens (tertiary/aromatic N) is 3. The van der Waals surface area contributed by atoms with Crippen LogP contribution in [0.5, 0.6) is 5.75 Å². The summed E-state index contributed by atoms with van der Waals surface area (Å²) in [4.78, 5) is 27.8. The summed E-state index contributed by atoms with van der Waals surface area (Å²) in [6.07, 6.45) is -0.709. The smallest absolute Gasteiger partial charge is 0.327 e. The molecule has 2 aliphatic rings. The van der Waals surface area contributed by atoms with Crippen molar-refractivity contribution in [3.05, 3.63) is 29.8 Å². The SMILES string of the molecule is CCOc1ccc(C2NC(SCC#N)C3C(=O)N(C)C(=O)N(C)C3N2)cc1. The van der Waals surface area contributed by atoms with E-state index in [0.29, 0.717) is 6.61 Å². The molecular formula is C18H23N5O3S. The van der Waals surface area contributed by atoms with Gasteiger partial charge in [0.2, 0.25) is 5.91 Å². The van der Waals surface area contributed by atoms with Crippen molar-refractivity contribution in [3.63, 3.8) is 0 Å². The van der Waals surface area contributed by atoms with Crippen LogP contribution in [0.3, 0.4) is 0 Å². The molecule has 0 aliphatic carbocycles. The van der Waals surface area contributed by atoms with Crippen LogP contribution < -0.4 is 15.4 Å². The Labute approximate surface area is 162 Å². The minimum absolute atomic E-state index is 0.247. The van der Waals surface area contributed by atoms with Gasteiger partial charge in [-0.3, -0.25) is 20.3 Å². The largest absolute Gasteiger partial charge is 0.494 e. The molecular weight excluding hydrogens is 366 g/mol. The number of hydrogen-bond acceptors (Lipinski definition) is 7. The van der Waals surface area contributed by atoms with Crippen LogP contribution in [-0.2, 0) is 4.79 Å². The van der Waals surface area contributed by atoms with Gasteiger partial charge in [0, 0.05) is 14.1 Å². The number of carbonyl (C=O) groups excluding carboxylic acids is 2. The molecule has 2 aliphatic heterocycles. The van der Waals surface area contributed by atoms with E-state index in [2.05, 4.69) is 16.7 Å². The number of imide groups is 1. The summed E-state index contributed by atoms with van der Waals surface area (Å²) >= 11 is 1.38. The maximum atomic E-state index is 12.7. The molecule has 2 N–H and O–H groups in total. The van der Waals surface area contributed by atoms with E-state index in [-0.39, 0.29) is 29.2 Å². The number of carbonyl (C=O) groups is 2. The molecule has 0 aromatic heterocycles. The van der Waals surface area contributed by atoms with Gasteiger partial charge in [-0.15, -0.1) is 11.8 Å². The normalized spacial score (nSPS) is 27.9. The summed E-state index contributed by atoms with van der Waals surface area (Å²) in [7, 11) is 3.17. The van der Waals surface area contributed by atoms with Gasteiger partial charge < -0.3 is 9.64 Å². The van der Waals surface area contributed by atoms with E-state index in [1.54, 1.807) is 11.9 Å². The fourth-order valence-corrected chi connectivity index (χ4v) is 4.40. The molecule has 3 amide bonds. The first-order valence-electron chi connectivity index (χ1n) is 8.75. The van der Waals surface area contributed by atoms with E-state index in [4.69, 9.17) is 10.00 Å². The molecule has 9 heteroatoms. The zero-order chi connectivity index (χ0) is 19.6. The monoisotopic (exact) mass is 389 g/mol. The number of fused-ring (bicyclic) bond motifs is 1. The first kappa shape index (κ1) is 19.5. The molecule has 2 heterocycles.